The van der Waals surface area contributed by atoms with Crippen LogP contribution in [0.3, 0.4) is 0 Å². The van der Waals surface area contributed by atoms with E-state index in [9.17, 15) is 4.79 Å². The Morgan fingerprint density at radius 2 is 2.05 bits per heavy atom. The average molecular weight is 301 g/mol. The molecule has 1 saturated carbocycles. The highest BCUT2D eigenvalue weighted by atomic mass is 16.1. The van der Waals surface area contributed by atoms with E-state index in [1.807, 2.05) is 4.68 Å². The van der Waals surface area contributed by atoms with Gasteiger partial charge in [-0.3, -0.25) is 4.79 Å². The summed E-state index contributed by atoms with van der Waals surface area (Å²) in [4.78, 5) is 22.5. The number of likely N-dealkylation sites (tertiary alicyclic amines) is 1. The number of fused-ring (bicyclic) bond motifs is 1. The first-order valence-electron chi connectivity index (χ1n) is 8.29. The van der Waals surface area contributed by atoms with Gasteiger partial charge in [0.1, 0.15) is 11.2 Å². The molecular formula is C16H23N5O. The van der Waals surface area contributed by atoms with E-state index >= 15 is 0 Å². The molecule has 0 spiro atoms. The molecule has 2 aromatic rings. The van der Waals surface area contributed by atoms with Gasteiger partial charge in [0.2, 0.25) is 0 Å². The van der Waals surface area contributed by atoms with Crippen LogP contribution in [0.2, 0.25) is 0 Å². The van der Waals surface area contributed by atoms with Gasteiger partial charge in [0.25, 0.3) is 5.56 Å². The molecule has 2 aliphatic rings. The molecule has 0 bridgehead atoms. The number of rotatable bonds is 2. The Bertz CT molecular complexity index is 743. The minimum atomic E-state index is -0.0500. The molecule has 2 fully saturated rings. The van der Waals surface area contributed by atoms with Gasteiger partial charge >= 0.3 is 0 Å². The van der Waals surface area contributed by atoms with Crippen LogP contribution in [-0.2, 0) is 0 Å². The molecule has 6 nitrogen and oxygen atoms in total. The summed E-state index contributed by atoms with van der Waals surface area (Å²) in [6, 6.07) is 0.406. The summed E-state index contributed by atoms with van der Waals surface area (Å²) in [5.41, 5.74) is 0.721. The van der Waals surface area contributed by atoms with Crippen LogP contribution in [0.5, 0.6) is 0 Å². The second-order valence-corrected chi connectivity index (χ2v) is 7.02. The van der Waals surface area contributed by atoms with Gasteiger partial charge in [-0.05, 0) is 25.8 Å². The van der Waals surface area contributed by atoms with Gasteiger partial charge in [-0.2, -0.15) is 5.10 Å². The van der Waals surface area contributed by atoms with Gasteiger partial charge < -0.3 is 9.88 Å². The monoisotopic (exact) mass is 301 g/mol. The predicted molar refractivity (Wildman–Crippen MR) is 85.1 cm³/mol. The summed E-state index contributed by atoms with van der Waals surface area (Å²) < 4.78 is 1.99. The Hall–Kier alpha value is -1.69. The van der Waals surface area contributed by atoms with Crippen LogP contribution in [0.25, 0.3) is 11.0 Å². The fraction of sp³-hybridized carbons (Fsp3) is 0.688. The number of aromatic nitrogens is 4. The number of nitrogens with zero attached hydrogens (tertiary/aromatic N) is 4. The third kappa shape index (κ3) is 2.17. The fourth-order valence-corrected chi connectivity index (χ4v) is 4.11. The van der Waals surface area contributed by atoms with Crippen LogP contribution in [0.1, 0.15) is 50.4 Å². The van der Waals surface area contributed by atoms with Gasteiger partial charge in [0.15, 0.2) is 5.65 Å². The van der Waals surface area contributed by atoms with E-state index in [2.05, 4.69) is 29.0 Å². The molecule has 0 radical (unpaired) electrons. The number of hydrogen-bond donors (Lipinski definition) is 1. The van der Waals surface area contributed by atoms with Crippen molar-refractivity contribution < 1.29 is 0 Å². The van der Waals surface area contributed by atoms with Gasteiger partial charge in [-0.15, -0.1) is 0 Å². The maximum atomic E-state index is 12.4. The molecule has 0 unspecified atom stereocenters. The number of hydrogen-bond acceptors (Lipinski definition) is 4. The van der Waals surface area contributed by atoms with Gasteiger partial charge in [-0.1, -0.05) is 19.8 Å². The van der Waals surface area contributed by atoms with Crippen LogP contribution in [0, 0.1) is 5.92 Å². The molecule has 6 heteroatoms. The highest BCUT2D eigenvalue weighted by Crippen LogP contribution is 2.32. The van der Waals surface area contributed by atoms with Crippen molar-refractivity contribution in [3.63, 3.8) is 0 Å². The van der Waals surface area contributed by atoms with E-state index in [1.165, 1.54) is 12.8 Å². The van der Waals surface area contributed by atoms with Crippen molar-refractivity contribution in [1.29, 1.82) is 0 Å². The second-order valence-electron chi connectivity index (χ2n) is 7.02. The molecule has 2 aromatic heterocycles. The van der Waals surface area contributed by atoms with Crippen molar-refractivity contribution in [3.8, 4) is 0 Å². The zero-order chi connectivity index (χ0) is 15.3. The van der Waals surface area contributed by atoms with Crippen LogP contribution >= 0.6 is 0 Å². The Kier molecular flexibility index (Phi) is 3.29. The molecule has 4 rings (SSSR count). The highest BCUT2D eigenvalue weighted by molar-refractivity contribution is 5.73. The molecule has 1 N–H and O–H groups in total. The summed E-state index contributed by atoms with van der Waals surface area (Å²) in [6.45, 7) is 4.23. The molecule has 118 valence electrons. The topological polar surface area (TPSA) is 66.8 Å². The third-order valence-corrected chi connectivity index (χ3v) is 5.30. The summed E-state index contributed by atoms with van der Waals surface area (Å²) in [5, 5.41) is 5.08. The maximum absolute atomic E-state index is 12.4. The maximum Gasteiger partial charge on any atom is 0.262 e. The van der Waals surface area contributed by atoms with Gasteiger partial charge in [0.05, 0.1) is 12.2 Å². The number of nitrogens with one attached hydrogen (secondary N) is 1. The van der Waals surface area contributed by atoms with Crippen molar-refractivity contribution in [2.75, 3.05) is 20.1 Å². The highest BCUT2D eigenvalue weighted by Gasteiger charge is 2.31. The first kappa shape index (κ1) is 13.9. The van der Waals surface area contributed by atoms with Crippen molar-refractivity contribution in [2.45, 2.75) is 44.6 Å². The fourth-order valence-electron chi connectivity index (χ4n) is 4.11. The molecule has 3 heterocycles. The van der Waals surface area contributed by atoms with E-state index in [1.54, 1.807) is 6.20 Å². The standard InChI is InChI=1S/C16H23N5O/c1-10-8-20(2)9-13(10)14-18-15-12(16(22)19-14)7-17-21(15)11-5-3-4-6-11/h7,10-11,13H,3-6,8-9H2,1-2H3,(H,18,19,22)/t10-,13-/m1/s1. The SMILES string of the molecule is C[C@@H]1CN(C)C[C@H]1c1nc2c(cnn2C2CCCC2)c(=O)[nH]1. The Morgan fingerprint density at radius 3 is 2.73 bits per heavy atom. The van der Waals surface area contributed by atoms with E-state index in [-0.39, 0.29) is 5.56 Å². The Balaban J connectivity index is 1.80. The lowest BCUT2D eigenvalue weighted by molar-refractivity contribution is 0.400. The first-order valence-corrected chi connectivity index (χ1v) is 8.29. The van der Waals surface area contributed by atoms with E-state index in [0.29, 0.717) is 23.3 Å². The summed E-state index contributed by atoms with van der Waals surface area (Å²) >= 11 is 0. The van der Waals surface area contributed by atoms with Crippen LogP contribution in [0.15, 0.2) is 11.0 Å². The minimum absolute atomic E-state index is 0.0500. The Morgan fingerprint density at radius 1 is 1.27 bits per heavy atom. The molecule has 22 heavy (non-hydrogen) atoms. The lowest BCUT2D eigenvalue weighted by Gasteiger charge is -2.15. The van der Waals surface area contributed by atoms with E-state index in [0.717, 1.165) is 37.4 Å². The number of H-pyrrole nitrogens is 1. The smallest absolute Gasteiger partial charge is 0.262 e. The number of likely N-dealkylation sites (N-methyl/N-ethyl adjacent to an activating group) is 1. The second kappa shape index (κ2) is 5.19. The zero-order valence-corrected chi connectivity index (χ0v) is 13.2. The third-order valence-electron chi connectivity index (χ3n) is 5.30. The van der Waals surface area contributed by atoms with Crippen molar-refractivity contribution in [3.05, 3.63) is 22.4 Å². The quantitative estimate of drug-likeness (QED) is 0.920. The molecule has 2 atom stereocenters. The predicted octanol–water partition coefficient (Wildman–Crippen LogP) is 1.90. The lowest BCUT2D eigenvalue weighted by Crippen LogP contribution is -2.20. The van der Waals surface area contributed by atoms with Crippen LogP contribution in [-0.4, -0.2) is 44.8 Å². The van der Waals surface area contributed by atoms with Gasteiger partial charge in [0, 0.05) is 19.0 Å². The molecule has 1 aliphatic carbocycles. The molecule has 1 saturated heterocycles. The van der Waals surface area contributed by atoms with Crippen LogP contribution < -0.4 is 5.56 Å². The summed E-state index contributed by atoms with van der Waals surface area (Å²) in [6.07, 6.45) is 6.44. The van der Waals surface area contributed by atoms with Gasteiger partial charge in [-0.25, -0.2) is 9.67 Å². The molecule has 0 aromatic carbocycles. The lowest BCUT2D eigenvalue weighted by atomic mass is 9.97. The molecular weight excluding hydrogens is 278 g/mol. The van der Waals surface area contributed by atoms with Crippen molar-refractivity contribution in [2.24, 2.45) is 5.92 Å². The normalized spacial score (nSPS) is 27.2. The van der Waals surface area contributed by atoms with Crippen LogP contribution in [0.4, 0.5) is 0 Å². The minimum Gasteiger partial charge on any atom is -0.310 e. The summed E-state index contributed by atoms with van der Waals surface area (Å²) in [5.74, 6) is 1.64. The first-order chi connectivity index (χ1) is 10.6. The molecule has 0 amide bonds. The van der Waals surface area contributed by atoms with E-state index in [4.69, 9.17) is 4.98 Å². The van der Waals surface area contributed by atoms with Crippen molar-refractivity contribution in [1.82, 2.24) is 24.6 Å². The van der Waals surface area contributed by atoms with E-state index < -0.39 is 0 Å². The molecule has 1 aliphatic heterocycles. The Labute approximate surface area is 129 Å². The summed E-state index contributed by atoms with van der Waals surface area (Å²) in [7, 11) is 2.12. The van der Waals surface area contributed by atoms with Crippen molar-refractivity contribution >= 4 is 11.0 Å². The number of aromatic amines is 1. The average Bonchev–Trinajstić information content (AvgIpc) is 3.17. The zero-order valence-electron chi connectivity index (χ0n) is 13.2. The largest absolute Gasteiger partial charge is 0.310 e.